The van der Waals surface area contributed by atoms with Gasteiger partial charge in [-0.15, -0.1) is 0 Å². The first-order valence-electron chi connectivity index (χ1n) is 7.52. The van der Waals surface area contributed by atoms with Crippen LogP contribution < -0.4 is 10.1 Å². The van der Waals surface area contributed by atoms with Crippen LogP contribution in [0.1, 0.15) is 43.8 Å². The molecule has 21 heavy (non-hydrogen) atoms. The molecule has 5 nitrogen and oxygen atoms in total. The summed E-state index contributed by atoms with van der Waals surface area (Å²) in [4.78, 5) is 4.27. The second-order valence-corrected chi connectivity index (χ2v) is 4.88. The molecule has 1 N–H and O–H groups in total. The van der Waals surface area contributed by atoms with E-state index in [-0.39, 0.29) is 6.04 Å². The Kier molecular flexibility index (Phi) is 5.33. The standard InChI is InChI=1S/C16H24N4O/c1-5-13-9-15(20(7-3)19-13)16(18-6-2)12-8-14(21-4)11-17-10-12/h8-11,16,18H,5-7H2,1-4H3. The molecule has 0 aliphatic carbocycles. The Morgan fingerprint density at radius 2 is 2.05 bits per heavy atom. The summed E-state index contributed by atoms with van der Waals surface area (Å²) in [6.45, 7) is 8.07. The molecular weight excluding hydrogens is 264 g/mol. The van der Waals surface area contributed by atoms with Gasteiger partial charge in [0.1, 0.15) is 5.75 Å². The van der Waals surface area contributed by atoms with E-state index < -0.39 is 0 Å². The van der Waals surface area contributed by atoms with Crippen molar-refractivity contribution in [1.82, 2.24) is 20.1 Å². The highest BCUT2D eigenvalue weighted by Crippen LogP contribution is 2.25. The van der Waals surface area contributed by atoms with Gasteiger partial charge in [0.15, 0.2) is 0 Å². The van der Waals surface area contributed by atoms with Crippen LogP contribution in [0.15, 0.2) is 24.5 Å². The van der Waals surface area contributed by atoms with Crippen LogP contribution in [-0.4, -0.2) is 28.4 Å². The van der Waals surface area contributed by atoms with E-state index in [1.54, 1.807) is 13.3 Å². The van der Waals surface area contributed by atoms with Crippen molar-refractivity contribution >= 4 is 0 Å². The molecule has 2 aromatic heterocycles. The third-order valence-corrected chi connectivity index (χ3v) is 3.53. The zero-order valence-corrected chi connectivity index (χ0v) is 13.3. The normalized spacial score (nSPS) is 12.4. The van der Waals surface area contributed by atoms with Crippen LogP contribution in [0.5, 0.6) is 5.75 Å². The molecule has 5 heteroatoms. The van der Waals surface area contributed by atoms with Crippen LogP contribution in [0.4, 0.5) is 0 Å². The van der Waals surface area contributed by atoms with Crippen molar-refractivity contribution in [3.63, 3.8) is 0 Å². The summed E-state index contributed by atoms with van der Waals surface area (Å²) in [6, 6.07) is 4.28. The van der Waals surface area contributed by atoms with Gasteiger partial charge in [0, 0.05) is 12.7 Å². The third kappa shape index (κ3) is 3.42. The number of nitrogens with one attached hydrogen (secondary N) is 1. The van der Waals surface area contributed by atoms with E-state index >= 15 is 0 Å². The number of hydrogen-bond acceptors (Lipinski definition) is 4. The molecule has 0 saturated heterocycles. The zero-order chi connectivity index (χ0) is 15.2. The first-order chi connectivity index (χ1) is 10.2. The van der Waals surface area contributed by atoms with Crippen molar-refractivity contribution in [2.24, 2.45) is 0 Å². The van der Waals surface area contributed by atoms with Crippen molar-refractivity contribution in [1.29, 1.82) is 0 Å². The highest BCUT2D eigenvalue weighted by Gasteiger charge is 2.19. The van der Waals surface area contributed by atoms with Crippen LogP contribution in [0, 0.1) is 0 Å². The molecule has 0 aliphatic heterocycles. The van der Waals surface area contributed by atoms with Gasteiger partial charge in [-0.1, -0.05) is 13.8 Å². The van der Waals surface area contributed by atoms with E-state index in [4.69, 9.17) is 4.74 Å². The first kappa shape index (κ1) is 15.5. The number of aromatic nitrogens is 3. The maximum atomic E-state index is 5.29. The number of methoxy groups -OCH3 is 1. The van der Waals surface area contributed by atoms with Crippen molar-refractivity contribution in [2.45, 2.75) is 39.8 Å². The molecule has 0 amide bonds. The van der Waals surface area contributed by atoms with Gasteiger partial charge < -0.3 is 10.1 Å². The van der Waals surface area contributed by atoms with E-state index in [1.165, 1.54) is 5.69 Å². The van der Waals surface area contributed by atoms with Gasteiger partial charge in [-0.2, -0.15) is 5.10 Å². The molecule has 2 rings (SSSR count). The topological polar surface area (TPSA) is 52.0 Å². The predicted octanol–water partition coefficient (Wildman–Crippen LogP) is 2.57. The third-order valence-electron chi connectivity index (χ3n) is 3.53. The van der Waals surface area contributed by atoms with Gasteiger partial charge in [-0.05, 0) is 37.6 Å². The largest absolute Gasteiger partial charge is 0.495 e. The maximum Gasteiger partial charge on any atom is 0.137 e. The van der Waals surface area contributed by atoms with Gasteiger partial charge in [-0.25, -0.2) is 0 Å². The Balaban J connectivity index is 2.44. The molecule has 1 unspecified atom stereocenters. The molecule has 2 aromatic rings. The van der Waals surface area contributed by atoms with Crippen LogP contribution >= 0.6 is 0 Å². The van der Waals surface area contributed by atoms with Crippen molar-refractivity contribution < 1.29 is 4.74 Å². The molecule has 0 aromatic carbocycles. The lowest BCUT2D eigenvalue weighted by molar-refractivity contribution is 0.411. The van der Waals surface area contributed by atoms with Crippen LogP contribution in [0.3, 0.4) is 0 Å². The van der Waals surface area contributed by atoms with Gasteiger partial charge in [0.25, 0.3) is 0 Å². The Morgan fingerprint density at radius 3 is 2.67 bits per heavy atom. The van der Waals surface area contributed by atoms with E-state index in [0.717, 1.165) is 36.5 Å². The minimum Gasteiger partial charge on any atom is -0.495 e. The Bertz CT molecular complexity index is 579. The van der Waals surface area contributed by atoms with Crippen LogP contribution in [-0.2, 0) is 13.0 Å². The Morgan fingerprint density at radius 1 is 1.24 bits per heavy atom. The fourth-order valence-corrected chi connectivity index (χ4v) is 2.45. The van der Waals surface area contributed by atoms with Crippen molar-refractivity contribution in [3.05, 3.63) is 41.5 Å². The fourth-order valence-electron chi connectivity index (χ4n) is 2.45. The maximum absolute atomic E-state index is 5.29. The zero-order valence-electron chi connectivity index (χ0n) is 13.3. The summed E-state index contributed by atoms with van der Waals surface area (Å²) >= 11 is 0. The Labute approximate surface area is 126 Å². The summed E-state index contributed by atoms with van der Waals surface area (Å²) in [7, 11) is 1.66. The van der Waals surface area contributed by atoms with Crippen LogP contribution in [0.25, 0.3) is 0 Å². The lowest BCUT2D eigenvalue weighted by atomic mass is 10.0. The van der Waals surface area contributed by atoms with E-state index in [9.17, 15) is 0 Å². The van der Waals surface area contributed by atoms with E-state index in [0.29, 0.717) is 0 Å². The lowest BCUT2D eigenvalue weighted by Gasteiger charge is -2.19. The molecule has 2 heterocycles. The molecular formula is C16H24N4O. The summed E-state index contributed by atoms with van der Waals surface area (Å²) in [5.74, 6) is 0.772. The van der Waals surface area contributed by atoms with Crippen molar-refractivity contribution in [3.8, 4) is 5.75 Å². The SMILES string of the molecule is CCNC(c1cncc(OC)c1)c1cc(CC)nn1CC. The summed E-state index contributed by atoms with van der Waals surface area (Å²) in [5.41, 5.74) is 3.38. The molecule has 0 bridgehead atoms. The Hall–Kier alpha value is -1.88. The molecule has 0 saturated carbocycles. The lowest BCUT2D eigenvalue weighted by Crippen LogP contribution is -2.25. The average Bonchev–Trinajstić information content (AvgIpc) is 2.95. The van der Waals surface area contributed by atoms with E-state index in [1.807, 2.05) is 12.3 Å². The van der Waals surface area contributed by atoms with Gasteiger partial charge >= 0.3 is 0 Å². The monoisotopic (exact) mass is 288 g/mol. The van der Waals surface area contributed by atoms with E-state index in [2.05, 4.69) is 46.9 Å². The summed E-state index contributed by atoms with van der Waals surface area (Å²) in [6.07, 6.45) is 4.55. The van der Waals surface area contributed by atoms with Gasteiger partial charge in [-0.3, -0.25) is 9.67 Å². The van der Waals surface area contributed by atoms with Crippen molar-refractivity contribution in [2.75, 3.05) is 13.7 Å². The number of pyridine rings is 1. The predicted molar refractivity (Wildman–Crippen MR) is 83.6 cm³/mol. The highest BCUT2D eigenvalue weighted by atomic mass is 16.5. The minimum atomic E-state index is 0.0744. The molecule has 114 valence electrons. The number of nitrogens with zero attached hydrogens (tertiary/aromatic N) is 3. The number of hydrogen-bond donors (Lipinski definition) is 1. The second-order valence-electron chi connectivity index (χ2n) is 4.88. The molecule has 1 atom stereocenters. The first-order valence-corrected chi connectivity index (χ1v) is 7.52. The van der Waals surface area contributed by atoms with Gasteiger partial charge in [0.05, 0.1) is 30.7 Å². The summed E-state index contributed by atoms with van der Waals surface area (Å²) in [5, 5.41) is 8.17. The highest BCUT2D eigenvalue weighted by molar-refractivity contribution is 5.32. The molecule has 0 radical (unpaired) electrons. The van der Waals surface area contributed by atoms with Crippen LogP contribution in [0.2, 0.25) is 0 Å². The molecule has 0 fully saturated rings. The number of ether oxygens (including phenoxy) is 1. The fraction of sp³-hybridized carbons (Fsp3) is 0.500. The quantitative estimate of drug-likeness (QED) is 0.851. The minimum absolute atomic E-state index is 0.0744. The number of aryl methyl sites for hydroxylation is 2. The molecule has 0 spiro atoms. The smallest absolute Gasteiger partial charge is 0.137 e. The summed E-state index contributed by atoms with van der Waals surface area (Å²) < 4.78 is 7.35. The molecule has 0 aliphatic rings. The number of rotatable bonds is 7. The average molecular weight is 288 g/mol. The second kappa shape index (κ2) is 7.22. The van der Waals surface area contributed by atoms with Gasteiger partial charge in [0.2, 0.25) is 0 Å².